The van der Waals surface area contributed by atoms with Crippen molar-refractivity contribution in [3.05, 3.63) is 39.9 Å². The molecule has 0 N–H and O–H groups in total. The molecule has 6 nitrogen and oxygen atoms in total. The van der Waals surface area contributed by atoms with E-state index in [1.54, 1.807) is 23.2 Å². The van der Waals surface area contributed by atoms with Gasteiger partial charge in [-0.3, -0.25) is 0 Å². The molecule has 0 bridgehead atoms. The van der Waals surface area contributed by atoms with Gasteiger partial charge in [-0.2, -0.15) is 0 Å². The first kappa shape index (κ1) is 17.9. The zero-order chi connectivity index (χ0) is 18.2. The first-order valence-corrected chi connectivity index (χ1v) is 8.64. The van der Waals surface area contributed by atoms with E-state index in [-0.39, 0.29) is 6.09 Å². The van der Waals surface area contributed by atoms with E-state index in [0.717, 1.165) is 16.8 Å². The molecule has 0 aromatic carbocycles. The summed E-state index contributed by atoms with van der Waals surface area (Å²) in [7, 11) is 0. The molecule has 0 unspecified atom stereocenters. The van der Waals surface area contributed by atoms with Crippen LogP contribution >= 0.6 is 23.2 Å². The molecular weight excluding hydrogens is 363 g/mol. The lowest BCUT2D eigenvalue weighted by atomic mass is 10.1. The van der Waals surface area contributed by atoms with E-state index >= 15 is 0 Å². The molecule has 0 saturated carbocycles. The molecule has 25 heavy (non-hydrogen) atoms. The van der Waals surface area contributed by atoms with Gasteiger partial charge in [0.25, 0.3) is 0 Å². The summed E-state index contributed by atoms with van der Waals surface area (Å²) in [5.41, 5.74) is 1.79. The topological polar surface area (TPSA) is 68.2 Å². The number of nitrogens with zero attached hydrogens (tertiary/aromatic N) is 4. The Labute approximate surface area is 156 Å². The number of amides is 1. The predicted octanol–water partition coefficient (Wildman–Crippen LogP) is 4.14. The Morgan fingerprint density at radius 2 is 2.00 bits per heavy atom. The Hall–Kier alpha value is -1.92. The van der Waals surface area contributed by atoms with Gasteiger partial charge in [0.1, 0.15) is 15.9 Å². The van der Waals surface area contributed by atoms with Crippen molar-refractivity contribution in [2.75, 3.05) is 6.54 Å². The lowest BCUT2D eigenvalue weighted by molar-refractivity contribution is 0.0222. The van der Waals surface area contributed by atoms with Gasteiger partial charge in [-0.1, -0.05) is 23.2 Å². The molecule has 1 amide bonds. The minimum atomic E-state index is -0.539. The molecule has 0 spiro atoms. The van der Waals surface area contributed by atoms with Crippen LogP contribution in [0.25, 0.3) is 11.4 Å². The van der Waals surface area contributed by atoms with Crippen molar-refractivity contribution >= 4 is 29.3 Å². The van der Waals surface area contributed by atoms with Crippen LogP contribution in [0.5, 0.6) is 0 Å². The molecule has 2 aromatic rings. The quantitative estimate of drug-likeness (QED) is 0.549. The number of halogens is 2. The van der Waals surface area contributed by atoms with Crippen LogP contribution in [0.3, 0.4) is 0 Å². The first-order chi connectivity index (χ1) is 11.7. The molecule has 3 rings (SSSR count). The summed E-state index contributed by atoms with van der Waals surface area (Å²) in [5.74, 6) is 0.499. The van der Waals surface area contributed by atoms with E-state index < -0.39 is 5.60 Å². The van der Waals surface area contributed by atoms with E-state index in [1.807, 2.05) is 20.8 Å². The third kappa shape index (κ3) is 4.19. The molecule has 1 aliphatic heterocycles. The summed E-state index contributed by atoms with van der Waals surface area (Å²) in [5, 5.41) is 0.740. The second kappa shape index (κ2) is 6.77. The van der Waals surface area contributed by atoms with E-state index in [0.29, 0.717) is 35.6 Å². The van der Waals surface area contributed by atoms with Gasteiger partial charge in [0.15, 0.2) is 5.82 Å². The maximum atomic E-state index is 12.3. The lowest BCUT2D eigenvalue weighted by Crippen LogP contribution is -2.40. The monoisotopic (exact) mass is 380 g/mol. The molecule has 1 aliphatic rings. The Balaban J connectivity index is 1.84. The summed E-state index contributed by atoms with van der Waals surface area (Å²) in [6.45, 7) is 6.37. The second-order valence-corrected chi connectivity index (χ2v) is 7.53. The molecule has 3 heterocycles. The van der Waals surface area contributed by atoms with Crippen LogP contribution in [0.4, 0.5) is 4.79 Å². The third-order valence-electron chi connectivity index (χ3n) is 3.65. The molecular formula is C17H18Cl2N4O2. The minimum Gasteiger partial charge on any atom is -0.444 e. The largest absolute Gasteiger partial charge is 0.444 e. The number of aromatic nitrogens is 3. The van der Waals surface area contributed by atoms with Crippen LogP contribution in [0, 0.1) is 0 Å². The highest BCUT2D eigenvalue weighted by atomic mass is 35.5. The summed E-state index contributed by atoms with van der Waals surface area (Å²) in [6.07, 6.45) is 1.83. The average Bonchev–Trinajstić information content (AvgIpc) is 2.53. The number of carbonyl (C=O) groups is 1. The summed E-state index contributed by atoms with van der Waals surface area (Å²) in [4.78, 5) is 26.8. The van der Waals surface area contributed by atoms with Gasteiger partial charge in [-0.15, -0.1) is 0 Å². The van der Waals surface area contributed by atoms with Crippen molar-refractivity contribution in [1.82, 2.24) is 19.9 Å². The third-order valence-corrected chi connectivity index (χ3v) is 4.18. The maximum absolute atomic E-state index is 12.3. The van der Waals surface area contributed by atoms with Crippen LogP contribution in [0.15, 0.2) is 18.3 Å². The smallest absolute Gasteiger partial charge is 0.410 e. The van der Waals surface area contributed by atoms with Gasteiger partial charge in [0.05, 0.1) is 12.2 Å². The van der Waals surface area contributed by atoms with E-state index in [1.165, 1.54) is 0 Å². The van der Waals surface area contributed by atoms with Gasteiger partial charge in [-0.05, 0) is 32.9 Å². The molecule has 0 aliphatic carbocycles. The Morgan fingerprint density at radius 3 is 2.64 bits per heavy atom. The fraction of sp³-hybridized carbons (Fsp3) is 0.412. The second-order valence-electron chi connectivity index (χ2n) is 6.78. The van der Waals surface area contributed by atoms with Gasteiger partial charge < -0.3 is 9.64 Å². The number of carbonyl (C=O) groups excluding carboxylic acids is 1. The van der Waals surface area contributed by atoms with Crippen molar-refractivity contribution in [2.45, 2.75) is 39.3 Å². The number of rotatable bonds is 1. The fourth-order valence-corrected chi connectivity index (χ4v) is 2.85. The number of hydrogen-bond acceptors (Lipinski definition) is 5. The average molecular weight is 381 g/mol. The number of hydrogen-bond donors (Lipinski definition) is 0. The van der Waals surface area contributed by atoms with Crippen molar-refractivity contribution in [2.24, 2.45) is 0 Å². The fourth-order valence-electron chi connectivity index (χ4n) is 2.49. The molecule has 2 aromatic heterocycles. The van der Waals surface area contributed by atoms with Gasteiger partial charge in [0, 0.05) is 30.3 Å². The zero-order valence-corrected chi connectivity index (χ0v) is 15.7. The highest BCUT2D eigenvalue weighted by Gasteiger charge is 2.28. The van der Waals surface area contributed by atoms with Crippen LogP contribution in [0.1, 0.15) is 32.0 Å². The standard InChI is InChI=1S/C17H18Cl2N4O2/c1-17(2,3)25-16(24)23-7-6-12-11(9-23)14(19)22-15(21-12)10-4-5-13(18)20-8-10/h4-5,8H,6-7,9H2,1-3H3. The highest BCUT2D eigenvalue weighted by molar-refractivity contribution is 6.30. The molecule has 0 radical (unpaired) electrons. The van der Waals surface area contributed by atoms with E-state index in [9.17, 15) is 4.79 Å². The molecule has 0 fully saturated rings. The normalized spacial score (nSPS) is 14.2. The van der Waals surface area contributed by atoms with Crippen molar-refractivity contribution < 1.29 is 9.53 Å². The number of ether oxygens (including phenoxy) is 1. The van der Waals surface area contributed by atoms with Crippen LogP contribution in [0.2, 0.25) is 10.3 Å². The Kier molecular flexibility index (Phi) is 4.84. The predicted molar refractivity (Wildman–Crippen MR) is 95.6 cm³/mol. The molecule has 0 atom stereocenters. The molecule has 132 valence electrons. The zero-order valence-electron chi connectivity index (χ0n) is 14.2. The van der Waals surface area contributed by atoms with E-state index in [2.05, 4.69) is 15.0 Å². The first-order valence-electron chi connectivity index (χ1n) is 7.88. The molecule has 0 saturated heterocycles. The van der Waals surface area contributed by atoms with Gasteiger partial charge in [-0.25, -0.2) is 19.7 Å². The van der Waals surface area contributed by atoms with Crippen molar-refractivity contribution in [3.8, 4) is 11.4 Å². The van der Waals surface area contributed by atoms with Gasteiger partial charge >= 0.3 is 6.09 Å². The summed E-state index contributed by atoms with van der Waals surface area (Å²) >= 11 is 12.2. The van der Waals surface area contributed by atoms with Crippen LogP contribution in [-0.2, 0) is 17.7 Å². The Morgan fingerprint density at radius 1 is 1.24 bits per heavy atom. The number of fused-ring (bicyclic) bond motifs is 1. The van der Waals surface area contributed by atoms with Crippen LogP contribution < -0.4 is 0 Å². The Bertz CT molecular complexity index is 804. The summed E-state index contributed by atoms with van der Waals surface area (Å²) < 4.78 is 5.42. The SMILES string of the molecule is CC(C)(C)OC(=O)N1CCc2nc(-c3ccc(Cl)nc3)nc(Cl)c2C1. The maximum Gasteiger partial charge on any atom is 0.410 e. The highest BCUT2D eigenvalue weighted by Crippen LogP contribution is 2.28. The lowest BCUT2D eigenvalue weighted by Gasteiger charge is -2.31. The van der Waals surface area contributed by atoms with Crippen LogP contribution in [-0.4, -0.2) is 38.1 Å². The van der Waals surface area contributed by atoms with Crippen molar-refractivity contribution in [1.29, 1.82) is 0 Å². The molecule has 8 heteroatoms. The van der Waals surface area contributed by atoms with E-state index in [4.69, 9.17) is 27.9 Å². The minimum absolute atomic E-state index is 0.336. The van der Waals surface area contributed by atoms with Crippen molar-refractivity contribution in [3.63, 3.8) is 0 Å². The number of pyridine rings is 1. The summed E-state index contributed by atoms with van der Waals surface area (Å²) in [6, 6.07) is 3.47. The van der Waals surface area contributed by atoms with Gasteiger partial charge in [0.2, 0.25) is 0 Å².